The molecule has 1 aromatic carbocycles. The van der Waals surface area contributed by atoms with E-state index in [0.29, 0.717) is 12.0 Å². The minimum absolute atomic E-state index is 0.0172. The van der Waals surface area contributed by atoms with E-state index in [1.807, 2.05) is 0 Å². The molecule has 2 rings (SSSR count). The van der Waals surface area contributed by atoms with Crippen LogP contribution in [0.15, 0.2) is 29.4 Å². The lowest BCUT2D eigenvalue weighted by molar-refractivity contribution is -0.384. The second-order valence-electron chi connectivity index (χ2n) is 9.04. The van der Waals surface area contributed by atoms with Crippen molar-refractivity contribution >= 4 is 31.8 Å². The molecule has 1 heterocycles. The van der Waals surface area contributed by atoms with E-state index < -0.39 is 31.8 Å². The summed E-state index contributed by atoms with van der Waals surface area (Å²) < 4.78 is 11.8. The number of nitrogens with two attached hydrogens (primary N) is 1. The molecule has 0 aliphatic carbocycles. The Bertz CT molecular complexity index is 881. The van der Waals surface area contributed by atoms with Crippen molar-refractivity contribution in [1.29, 1.82) is 0 Å². The van der Waals surface area contributed by atoms with Gasteiger partial charge in [-0.2, -0.15) is 0 Å². The topological polar surface area (TPSA) is 147 Å². The van der Waals surface area contributed by atoms with Gasteiger partial charge in [-0.3, -0.25) is 19.8 Å². The fourth-order valence-electron chi connectivity index (χ4n) is 2.73. The summed E-state index contributed by atoms with van der Waals surface area (Å²) in [5, 5.41) is 14.6. The molecule has 1 atom stereocenters. The summed E-state index contributed by atoms with van der Waals surface area (Å²) in [7, 11) is -2.10. The van der Waals surface area contributed by atoms with Crippen molar-refractivity contribution < 1.29 is 28.5 Å². The molecule has 1 aliphatic heterocycles. The van der Waals surface area contributed by atoms with E-state index in [1.54, 1.807) is 0 Å². The number of hydrogen-bond acceptors (Lipinski definition) is 8. The molecule has 0 bridgehead atoms. The van der Waals surface area contributed by atoms with E-state index in [4.69, 9.17) is 19.7 Å². The van der Waals surface area contributed by atoms with Crippen molar-refractivity contribution in [1.82, 2.24) is 4.90 Å². The van der Waals surface area contributed by atoms with Gasteiger partial charge in [-0.05, 0) is 35.8 Å². The van der Waals surface area contributed by atoms with Gasteiger partial charge in [0.15, 0.2) is 20.8 Å². The zero-order valence-electron chi connectivity index (χ0n) is 19.0. The third-order valence-electron chi connectivity index (χ3n) is 5.48. The third kappa shape index (κ3) is 6.75. The summed E-state index contributed by atoms with van der Waals surface area (Å²) in [5.41, 5.74) is 5.62. The average Bonchev–Trinajstić information content (AvgIpc) is 3.07. The lowest BCUT2D eigenvalue weighted by Gasteiger charge is -2.38. The number of ether oxygens (including phenoxy) is 1. The number of non-ortho nitro benzene ring substituents is 1. The summed E-state index contributed by atoms with van der Waals surface area (Å²) >= 11 is 0. The number of benzene rings is 1. The Balaban J connectivity index is 2.08. The van der Waals surface area contributed by atoms with Gasteiger partial charge in [0.25, 0.3) is 11.6 Å². The molecule has 2 amide bonds. The molecular weight excluding hydrogens is 436 g/mol. The van der Waals surface area contributed by atoms with Crippen molar-refractivity contribution in [2.24, 2.45) is 10.9 Å². The number of likely N-dealkylation sites (tertiary alicyclic amines) is 1. The van der Waals surface area contributed by atoms with Crippen molar-refractivity contribution in [3.63, 3.8) is 0 Å². The quantitative estimate of drug-likeness (QED) is 0.352. The van der Waals surface area contributed by atoms with Crippen molar-refractivity contribution in [2.45, 2.75) is 58.0 Å². The highest BCUT2D eigenvalue weighted by atomic mass is 28.4. The van der Waals surface area contributed by atoms with Crippen LogP contribution >= 0.6 is 0 Å². The van der Waals surface area contributed by atoms with E-state index in [-0.39, 0.29) is 35.8 Å². The molecule has 1 aromatic rings. The van der Waals surface area contributed by atoms with Crippen LogP contribution in [0.4, 0.5) is 10.5 Å². The first-order valence-electron chi connectivity index (χ1n) is 10.1. The molecule has 12 heteroatoms. The van der Waals surface area contributed by atoms with Crippen LogP contribution in [0.25, 0.3) is 0 Å². The highest BCUT2D eigenvalue weighted by Gasteiger charge is 2.43. The number of nitro benzene ring substituents is 1. The second-order valence-corrected chi connectivity index (χ2v) is 13.8. The van der Waals surface area contributed by atoms with Crippen LogP contribution < -0.4 is 5.73 Å². The number of carbonyl (C=O) groups is 2. The molecule has 0 saturated carbocycles. The third-order valence-corrected chi connectivity index (χ3v) is 10.0. The van der Waals surface area contributed by atoms with Crippen LogP contribution in [0.5, 0.6) is 0 Å². The van der Waals surface area contributed by atoms with Crippen LogP contribution in [0, 0.1) is 10.1 Å². The molecule has 1 saturated heterocycles. The van der Waals surface area contributed by atoms with E-state index in [9.17, 15) is 19.7 Å². The lowest BCUT2D eigenvalue weighted by atomic mass is 10.2. The van der Waals surface area contributed by atoms with Gasteiger partial charge in [-0.15, -0.1) is 0 Å². The largest absolute Gasteiger partial charge is 0.444 e. The van der Waals surface area contributed by atoms with E-state index in [0.717, 1.165) is 0 Å². The number of hydrogen-bond donors (Lipinski definition) is 1. The van der Waals surface area contributed by atoms with Gasteiger partial charge >= 0.3 is 6.09 Å². The Morgan fingerprint density at radius 3 is 2.44 bits per heavy atom. The normalized spacial score (nSPS) is 18.0. The van der Waals surface area contributed by atoms with Gasteiger partial charge in [0.05, 0.1) is 17.6 Å². The minimum atomic E-state index is -2.10. The molecule has 32 heavy (non-hydrogen) atoms. The lowest BCUT2D eigenvalue weighted by Crippen LogP contribution is -2.44. The number of rotatable bonds is 8. The Morgan fingerprint density at radius 1 is 1.28 bits per heavy atom. The Hall–Kier alpha value is -2.99. The number of oxime groups is 1. The fourth-order valence-corrected chi connectivity index (χ4v) is 4.08. The molecule has 11 nitrogen and oxygen atoms in total. The standard InChI is InChI=1S/C20H30N4O7Si/c1-20(2,3)32(4,5)31-16-10-18(22-30-13-17(21)25)23(11-16)19(26)29-12-14-6-8-15(9-7-14)24(27)28/h6-9,16H,10-13H2,1-5H3,(H2,21,25)/t16-/m1/s1. The van der Waals surface area contributed by atoms with Crippen LogP contribution in [0.1, 0.15) is 32.8 Å². The van der Waals surface area contributed by atoms with Crippen LogP contribution in [-0.2, 0) is 25.4 Å². The van der Waals surface area contributed by atoms with E-state index in [1.165, 1.54) is 29.2 Å². The second kappa shape index (κ2) is 10.1. The summed E-state index contributed by atoms with van der Waals surface area (Å²) in [6.07, 6.45) is -0.636. The first kappa shape index (κ1) is 25.3. The summed E-state index contributed by atoms with van der Waals surface area (Å²) in [4.78, 5) is 40.2. The van der Waals surface area contributed by atoms with Crippen LogP contribution in [0.3, 0.4) is 0 Å². The highest BCUT2D eigenvalue weighted by Crippen LogP contribution is 2.38. The number of amidine groups is 1. The zero-order chi connectivity index (χ0) is 24.1. The molecule has 2 N–H and O–H groups in total. The van der Waals surface area contributed by atoms with E-state index in [2.05, 4.69) is 39.0 Å². The zero-order valence-corrected chi connectivity index (χ0v) is 20.0. The van der Waals surface area contributed by atoms with Gasteiger partial charge in [-0.25, -0.2) is 4.79 Å². The number of amides is 2. The Kier molecular flexibility index (Phi) is 7.96. The molecule has 0 unspecified atom stereocenters. The molecular formula is C20H30N4O7Si. The number of nitrogens with zero attached hydrogens (tertiary/aromatic N) is 3. The van der Waals surface area contributed by atoms with Crippen molar-refractivity contribution in [2.75, 3.05) is 13.2 Å². The van der Waals surface area contributed by atoms with Crippen LogP contribution in [0.2, 0.25) is 18.1 Å². The summed E-state index contributed by atoms with van der Waals surface area (Å²) in [5.74, 6) is -0.405. The fraction of sp³-hybridized carbons (Fsp3) is 0.550. The molecule has 1 fully saturated rings. The Labute approximate surface area is 187 Å². The van der Waals surface area contributed by atoms with Crippen molar-refractivity contribution in [3.8, 4) is 0 Å². The smallest absolute Gasteiger partial charge is 0.415 e. The summed E-state index contributed by atoms with van der Waals surface area (Å²) in [6, 6.07) is 5.72. The SMILES string of the molecule is CC(C)(C)[Si](C)(C)O[C@@H]1CC(=NOCC(N)=O)N(C(=O)OCc2ccc([N+](=O)[O-])cc2)C1. The number of nitro groups is 1. The van der Waals surface area contributed by atoms with Gasteiger partial charge in [-0.1, -0.05) is 25.9 Å². The molecule has 176 valence electrons. The molecule has 0 spiro atoms. The van der Waals surface area contributed by atoms with Gasteiger partial charge in [0.2, 0.25) is 0 Å². The maximum absolute atomic E-state index is 12.7. The number of primary amides is 1. The molecule has 0 aromatic heterocycles. The Morgan fingerprint density at radius 2 is 1.91 bits per heavy atom. The maximum atomic E-state index is 12.7. The van der Waals surface area contributed by atoms with Gasteiger partial charge in [0, 0.05) is 18.6 Å². The average molecular weight is 467 g/mol. The monoisotopic (exact) mass is 466 g/mol. The first-order chi connectivity index (χ1) is 14.8. The summed E-state index contributed by atoms with van der Waals surface area (Å²) in [6.45, 7) is 10.3. The van der Waals surface area contributed by atoms with Crippen LogP contribution in [-0.4, -0.2) is 55.2 Å². The predicted octanol–water partition coefficient (Wildman–Crippen LogP) is 3.14. The van der Waals surface area contributed by atoms with Crippen molar-refractivity contribution in [3.05, 3.63) is 39.9 Å². The van der Waals surface area contributed by atoms with E-state index >= 15 is 0 Å². The first-order valence-corrected chi connectivity index (χ1v) is 13.0. The van der Waals surface area contributed by atoms with Gasteiger partial charge in [0.1, 0.15) is 6.61 Å². The number of carbonyl (C=O) groups excluding carboxylic acids is 2. The highest BCUT2D eigenvalue weighted by molar-refractivity contribution is 6.74. The predicted molar refractivity (Wildman–Crippen MR) is 119 cm³/mol. The maximum Gasteiger partial charge on any atom is 0.415 e. The molecule has 0 radical (unpaired) electrons. The minimum Gasteiger partial charge on any atom is -0.444 e. The molecule has 1 aliphatic rings. The van der Waals surface area contributed by atoms with Gasteiger partial charge < -0.3 is 19.7 Å².